The molecule has 1 aromatic carbocycles. The highest BCUT2D eigenvalue weighted by Gasteiger charge is 2.34. The van der Waals surface area contributed by atoms with Crippen molar-refractivity contribution >= 4 is 28.8 Å². The average molecular weight is 388 g/mol. The fourth-order valence-corrected chi connectivity index (χ4v) is 4.55. The van der Waals surface area contributed by atoms with E-state index < -0.39 is 5.60 Å². The maximum atomic E-state index is 12.7. The highest BCUT2D eigenvalue weighted by molar-refractivity contribution is 7.19. The summed E-state index contributed by atoms with van der Waals surface area (Å²) in [4.78, 5) is 13.5. The number of hydrogen-bond donors (Lipinski definition) is 3. The molecule has 0 spiro atoms. The maximum Gasteiger partial charge on any atom is 0.255 e. The number of amides is 1. The van der Waals surface area contributed by atoms with Crippen LogP contribution in [0.1, 0.15) is 34.3 Å². The molecule has 0 saturated carbocycles. The number of aryl methyl sites for hydroxylation is 1. The predicted molar refractivity (Wildman–Crippen MR) is 103 cm³/mol. The van der Waals surface area contributed by atoms with E-state index in [4.69, 9.17) is 11.6 Å². The molecule has 2 heterocycles. The first-order chi connectivity index (χ1) is 12.6. The monoisotopic (exact) mass is 387 g/mol. The molecule has 3 N–H and O–H groups in total. The van der Waals surface area contributed by atoms with Crippen LogP contribution in [0.5, 0.6) is 0 Å². The van der Waals surface area contributed by atoms with Crippen LogP contribution in [0.2, 0.25) is 4.34 Å². The molecule has 1 unspecified atom stereocenters. The molecular formula is C19H18ClN3O2S. The smallest absolute Gasteiger partial charge is 0.255 e. The Labute approximate surface area is 160 Å². The van der Waals surface area contributed by atoms with Crippen molar-refractivity contribution in [3.8, 4) is 10.6 Å². The van der Waals surface area contributed by atoms with E-state index in [0.29, 0.717) is 22.0 Å². The van der Waals surface area contributed by atoms with Crippen molar-refractivity contribution in [3.63, 3.8) is 0 Å². The Bertz CT molecular complexity index is 952. The van der Waals surface area contributed by atoms with Crippen LogP contribution in [-0.4, -0.2) is 27.8 Å². The Balaban J connectivity index is 1.53. The van der Waals surface area contributed by atoms with Gasteiger partial charge in [-0.15, -0.1) is 11.3 Å². The fraction of sp³-hybridized carbons (Fsp3) is 0.263. The SMILES string of the molecule is O=C(NCC1(O)CCCc2ccccc21)c1cn[nH]c1-c1ccc(Cl)s1. The van der Waals surface area contributed by atoms with Crippen LogP contribution in [-0.2, 0) is 12.0 Å². The summed E-state index contributed by atoms with van der Waals surface area (Å²) in [6, 6.07) is 11.5. The van der Waals surface area contributed by atoms with Gasteiger partial charge in [-0.3, -0.25) is 9.89 Å². The van der Waals surface area contributed by atoms with E-state index in [1.807, 2.05) is 30.3 Å². The average Bonchev–Trinajstić information content (AvgIpc) is 3.29. The number of nitrogens with zero attached hydrogens (tertiary/aromatic N) is 1. The van der Waals surface area contributed by atoms with E-state index in [9.17, 15) is 9.90 Å². The van der Waals surface area contributed by atoms with Crippen LogP contribution >= 0.6 is 22.9 Å². The lowest BCUT2D eigenvalue weighted by Gasteiger charge is -2.34. The summed E-state index contributed by atoms with van der Waals surface area (Å²) in [6.45, 7) is 0.165. The molecule has 26 heavy (non-hydrogen) atoms. The second kappa shape index (κ2) is 6.87. The molecule has 134 valence electrons. The number of halogens is 1. The summed E-state index contributed by atoms with van der Waals surface area (Å²) in [5, 5.41) is 20.8. The number of benzene rings is 1. The quantitative estimate of drug-likeness (QED) is 0.638. The van der Waals surface area contributed by atoms with Crippen molar-refractivity contribution in [2.75, 3.05) is 6.54 Å². The van der Waals surface area contributed by atoms with Crippen LogP contribution in [0.3, 0.4) is 0 Å². The van der Waals surface area contributed by atoms with Crippen LogP contribution in [0.25, 0.3) is 10.6 Å². The Morgan fingerprint density at radius 1 is 1.35 bits per heavy atom. The van der Waals surface area contributed by atoms with Crippen molar-refractivity contribution in [2.45, 2.75) is 24.9 Å². The summed E-state index contributed by atoms with van der Waals surface area (Å²) in [7, 11) is 0. The molecule has 1 amide bonds. The topological polar surface area (TPSA) is 78.0 Å². The van der Waals surface area contributed by atoms with Crippen LogP contribution in [0, 0.1) is 0 Å². The van der Waals surface area contributed by atoms with Gasteiger partial charge < -0.3 is 10.4 Å². The molecule has 4 rings (SSSR count). The number of aliphatic hydroxyl groups is 1. The van der Waals surface area contributed by atoms with Gasteiger partial charge in [0.25, 0.3) is 5.91 Å². The first kappa shape index (κ1) is 17.3. The number of thiophene rings is 1. The first-order valence-electron chi connectivity index (χ1n) is 8.45. The number of rotatable bonds is 4. The minimum Gasteiger partial charge on any atom is -0.383 e. The van der Waals surface area contributed by atoms with Gasteiger partial charge in [-0.1, -0.05) is 35.9 Å². The number of carbonyl (C=O) groups excluding carboxylic acids is 1. The molecule has 0 radical (unpaired) electrons. The third kappa shape index (κ3) is 3.16. The molecule has 5 nitrogen and oxygen atoms in total. The lowest BCUT2D eigenvalue weighted by atomic mass is 9.79. The van der Waals surface area contributed by atoms with Gasteiger partial charge in [-0.25, -0.2) is 0 Å². The molecular weight excluding hydrogens is 370 g/mol. The third-order valence-corrected chi connectivity index (χ3v) is 6.05. The van der Waals surface area contributed by atoms with E-state index in [1.54, 1.807) is 6.07 Å². The second-order valence-corrected chi connectivity index (χ2v) is 8.20. The van der Waals surface area contributed by atoms with Crippen LogP contribution in [0.15, 0.2) is 42.6 Å². The summed E-state index contributed by atoms with van der Waals surface area (Å²) >= 11 is 7.37. The minimum absolute atomic E-state index is 0.165. The molecule has 1 aliphatic rings. The minimum atomic E-state index is -1.04. The van der Waals surface area contributed by atoms with Gasteiger partial charge in [0.1, 0.15) is 5.60 Å². The van der Waals surface area contributed by atoms with Gasteiger partial charge in [0.2, 0.25) is 0 Å². The number of hydrogen-bond acceptors (Lipinski definition) is 4. The van der Waals surface area contributed by atoms with Crippen LogP contribution in [0.4, 0.5) is 0 Å². The number of aromatic amines is 1. The number of fused-ring (bicyclic) bond motifs is 1. The van der Waals surface area contributed by atoms with Gasteiger partial charge in [0.05, 0.1) is 33.2 Å². The Hall–Kier alpha value is -2.15. The van der Waals surface area contributed by atoms with E-state index in [2.05, 4.69) is 15.5 Å². The second-order valence-electron chi connectivity index (χ2n) is 6.49. The Morgan fingerprint density at radius 2 is 2.19 bits per heavy atom. The highest BCUT2D eigenvalue weighted by Crippen LogP contribution is 2.35. The summed E-state index contributed by atoms with van der Waals surface area (Å²) in [6.07, 6.45) is 3.98. The van der Waals surface area contributed by atoms with Gasteiger partial charge in [-0.2, -0.15) is 5.10 Å². The third-order valence-electron chi connectivity index (χ3n) is 4.80. The van der Waals surface area contributed by atoms with Gasteiger partial charge >= 0.3 is 0 Å². The first-order valence-corrected chi connectivity index (χ1v) is 9.64. The van der Waals surface area contributed by atoms with Crippen LogP contribution < -0.4 is 5.32 Å². The molecule has 2 aromatic heterocycles. The number of H-pyrrole nitrogens is 1. The summed E-state index contributed by atoms with van der Waals surface area (Å²) < 4.78 is 0.647. The van der Waals surface area contributed by atoms with E-state index >= 15 is 0 Å². The summed E-state index contributed by atoms with van der Waals surface area (Å²) in [5.74, 6) is -0.269. The normalized spacial score (nSPS) is 19.2. The zero-order chi connectivity index (χ0) is 18.1. The Morgan fingerprint density at radius 3 is 3.00 bits per heavy atom. The van der Waals surface area contributed by atoms with Crippen molar-refractivity contribution in [2.24, 2.45) is 0 Å². The Kier molecular flexibility index (Phi) is 4.56. The number of carbonyl (C=O) groups is 1. The largest absolute Gasteiger partial charge is 0.383 e. The highest BCUT2D eigenvalue weighted by atomic mass is 35.5. The van der Waals surface area contributed by atoms with Gasteiger partial charge in [0, 0.05) is 0 Å². The molecule has 3 aromatic rings. The standard InChI is InChI=1S/C19H18ClN3O2S/c20-16-8-7-15(26-16)17-13(10-22-23-17)18(24)21-11-19(25)9-3-5-12-4-1-2-6-14(12)19/h1-2,4,6-8,10,25H,3,5,9,11H2,(H,21,24)(H,22,23). The zero-order valence-electron chi connectivity index (χ0n) is 14.0. The summed E-state index contributed by atoms with van der Waals surface area (Å²) in [5.41, 5.74) is 2.09. The predicted octanol–water partition coefficient (Wildman–Crippen LogP) is 3.75. The van der Waals surface area contributed by atoms with Crippen molar-refractivity contribution in [1.82, 2.24) is 15.5 Å². The molecule has 0 aliphatic heterocycles. The molecule has 1 atom stereocenters. The maximum absolute atomic E-state index is 12.7. The number of nitrogens with one attached hydrogen (secondary N) is 2. The fourth-order valence-electron chi connectivity index (χ4n) is 3.50. The lowest BCUT2D eigenvalue weighted by Crippen LogP contribution is -2.43. The lowest BCUT2D eigenvalue weighted by molar-refractivity contribution is 0.0189. The van der Waals surface area contributed by atoms with Crippen molar-refractivity contribution in [1.29, 1.82) is 0 Å². The van der Waals surface area contributed by atoms with Gasteiger partial charge in [-0.05, 0) is 42.5 Å². The molecule has 1 aliphatic carbocycles. The van der Waals surface area contributed by atoms with Gasteiger partial charge in [0.15, 0.2) is 0 Å². The molecule has 7 heteroatoms. The number of aromatic nitrogens is 2. The van der Waals surface area contributed by atoms with E-state index in [-0.39, 0.29) is 12.5 Å². The molecule has 0 saturated heterocycles. The molecule has 0 bridgehead atoms. The van der Waals surface area contributed by atoms with E-state index in [0.717, 1.165) is 28.8 Å². The molecule has 0 fully saturated rings. The van der Waals surface area contributed by atoms with E-state index in [1.165, 1.54) is 17.5 Å². The van der Waals surface area contributed by atoms with Crippen molar-refractivity contribution < 1.29 is 9.90 Å². The van der Waals surface area contributed by atoms with Crippen molar-refractivity contribution in [3.05, 3.63) is 63.6 Å². The zero-order valence-corrected chi connectivity index (χ0v) is 15.5.